The third kappa shape index (κ3) is 4.87. The molecule has 1 saturated heterocycles. The van der Waals surface area contributed by atoms with Gasteiger partial charge in [-0.1, -0.05) is 37.5 Å². The fourth-order valence-electron chi connectivity index (χ4n) is 6.33. The van der Waals surface area contributed by atoms with Gasteiger partial charge in [-0.2, -0.15) is 4.79 Å². The number of hydrogen-bond donors (Lipinski definition) is 1. The smallest absolute Gasteiger partial charge is 0.496 e. The lowest BCUT2D eigenvalue weighted by Crippen LogP contribution is -2.66. The number of oxazole rings is 1. The van der Waals surface area contributed by atoms with Crippen molar-refractivity contribution >= 4 is 27.6 Å². The topological polar surface area (TPSA) is 126 Å². The number of hydrogen-bond acceptors (Lipinski definition) is 8. The Morgan fingerprint density at radius 3 is 2.62 bits per heavy atom. The highest BCUT2D eigenvalue weighted by Crippen LogP contribution is 2.38. The lowest BCUT2D eigenvalue weighted by molar-refractivity contribution is -0.885. The summed E-state index contributed by atoms with van der Waals surface area (Å²) in [5.41, 5.74) is 0.577. The van der Waals surface area contributed by atoms with Crippen LogP contribution in [0.3, 0.4) is 0 Å². The summed E-state index contributed by atoms with van der Waals surface area (Å²) >= 11 is 1.29. The second-order valence-electron chi connectivity index (χ2n) is 11.5. The number of thiophene rings is 1. The number of carboxylic acid groups (broad SMARTS) is 1. The molecule has 0 radical (unpaired) electrons. The van der Waals surface area contributed by atoms with Crippen LogP contribution in [0.5, 0.6) is 5.75 Å². The number of benzene rings is 1. The van der Waals surface area contributed by atoms with Gasteiger partial charge < -0.3 is 19.0 Å². The maximum absolute atomic E-state index is 14.3. The van der Waals surface area contributed by atoms with Crippen molar-refractivity contribution in [1.82, 2.24) is 14.1 Å². The molecule has 12 heteroatoms. The number of rotatable bonds is 8. The number of nitrogens with zero attached hydrogens (tertiary/aromatic N) is 4. The lowest BCUT2D eigenvalue weighted by atomic mass is 9.97. The minimum Gasteiger partial charge on any atom is -0.496 e. The largest absolute Gasteiger partial charge is 0.513 e. The molecule has 4 heterocycles. The minimum absolute atomic E-state index is 0.0407. The van der Waals surface area contributed by atoms with Gasteiger partial charge >= 0.3 is 11.8 Å². The molecule has 1 amide bonds. The summed E-state index contributed by atoms with van der Waals surface area (Å²) in [6.07, 6.45) is 6.77. The number of likely N-dealkylation sites (N-methyl/N-ethyl adjacent to an activating group) is 1. The number of fused-ring (bicyclic) bond motifs is 1. The molecule has 11 nitrogen and oxygen atoms in total. The van der Waals surface area contributed by atoms with Gasteiger partial charge in [0, 0.05) is 5.56 Å². The van der Waals surface area contributed by atoms with Crippen LogP contribution < -0.4 is 16.0 Å². The van der Waals surface area contributed by atoms with Crippen molar-refractivity contribution in [3.05, 3.63) is 68.7 Å². The van der Waals surface area contributed by atoms with Gasteiger partial charge in [0.2, 0.25) is 5.89 Å². The molecular weight excluding hydrogens is 560 g/mol. The van der Waals surface area contributed by atoms with Gasteiger partial charge in [-0.05, 0) is 31.4 Å². The summed E-state index contributed by atoms with van der Waals surface area (Å²) in [5.74, 6) is 1.03. The maximum atomic E-state index is 14.3. The molecule has 1 aliphatic carbocycles. The van der Waals surface area contributed by atoms with Gasteiger partial charge in [0.25, 0.3) is 5.56 Å². The molecular formula is C30H35N4O7S+. The standard InChI is InChI=1S/C30H34N4O7S/c1-18-24-27(35)33(19-16-34(2,17-19)30(37)38)29(36)32(28(24)42-25(18)26-31-13-14-40-26)15-23(41-20-9-5-4-6-10-20)21-11-7-8-12-22(21)39-3/h7-8,11-14,19-20,23H,4-6,9-10,15-17H2,1-3H3/p+1/t19?,23-,34?/m0/s1. The molecule has 1 saturated carbocycles. The van der Waals surface area contributed by atoms with E-state index in [1.807, 2.05) is 31.2 Å². The number of para-hydroxylation sites is 1. The predicted octanol–water partition coefficient (Wildman–Crippen LogP) is 4.97. The van der Waals surface area contributed by atoms with Gasteiger partial charge in [0.15, 0.2) is 0 Å². The van der Waals surface area contributed by atoms with Gasteiger partial charge in [-0.25, -0.2) is 18.8 Å². The highest BCUT2D eigenvalue weighted by atomic mass is 32.1. The van der Waals surface area contributed by atoms with E-state index < -0.39 is 29.5 Å². The first-order valence-corrected chi connectivity index (χ1v) is 15.1. The molecule has 222 valence electrons. The number of likely N-dealkylation sites (tertiary alicyclic amines) is 1. The van der Waals surface area contributed by atoms with Crippen LogP contribution >= 0.6 is 11.3 Å². The van der Waals surface area contributed by atoms with Gasteiger partial charge in [0.1, 0.15) is 42.1 Å². The predicted molar refractivity (Wildman–Crippen MR) is 157 cm³/mol. The zero-order valence-electron chi connectivity index (χ0n) is 23.9. The number of quaternary nitrogens is 1. The second-order valence-corrected chi connectivity index (χ2v) is 12.5. The maximum Gasteiger partial charge on any atom is 0.513 e. The first kappa shape index (κ1) is 28.4. The highest BCUT2D eigenvalue weighted by Gasteiger charge is 2.49. The number of carbonyl (C=O) groups is 1. The molecule has 1 aromatic carbocycles. The third-order valence-electron chi connectivity index (χ3n) is 8.67. The van der Waals surface area contributed by atoms with Crippen LogP contribution in [0.4, 0.5) is 4.79 Å². The zero-order chi connectivity index (χ0) is 29.6. The van der Waals surface area contributed by atoms with E-state index in [0.717, 1.165) is 31.2 Å². The van der Waals surface area contributed by atoms with E-state index in [4.69, 9.17) is 13.9 Å². The number of aryl methyl sites for hydroxylation is 1. The van der Waals surface area contributed by atoms with Crippen molar-refractivity contribution in [1.29, 1.82) is 0 Å². The minimum atomic E-state index is -0.990. The molecule has 0 bridgehead atoms. The molecule has 3 aromatic heterocycles. The molecule has 1 N–H and O–H groups in total. The highest BCUT2D eigenvalue weighted by molar-refractivity contribution is 7.22. The Labute approximate surface area is 246 Å². The fraction of sp³-hybridized carbons (Fsp3) is 0.467. The summed E-state index contributed by atoms with van der Waals surface area (Å²) in [4.78, 5) is 45.6. The zero-order valence-corrected chi connectivity index (χ0v) is 24.8. The summed E-state index contributed by atoms with van der Waals surface area (Å²) in [7, 11) is 3.20. The molecule has 2 fully saturated rings. The summed E-state index contributed by atoms with van der Waals surface area (Å²) < 4.78 is 20.6. The number of aromatic nitrogens is 3. The second kappa shape index (κ2) is 11.2. The van der Waals surface area contributed by atoms with Crippen LogP contribution in [0.1, 0.15) is 55.4 Å². The van der Waals surface area contributed by atoms with Gasteiger partial charge in [-0.3, -0.25) is 9.36 Å². The number of ether oxygens (including phenoxy) is 2. The van der Waals surface area contributed by atoms with Crippen molar-refractivity contribution in [2.75, 3.05) is 27.2 Å². The van der Waals surface area contributed by atoms with Crippen LogP contribution in [-0.2, 0) is 11.3 Å². The van der Waals surface area contributed by atoms with Crippen molar-refractivity contribution in [2.24, 2.45) is 0 Å². The molecule has 2 aliphatic rings. The van der Waals surface area contributed by atoms with Crippen molar-refractivity contribution in [3.63, 3.8) is 0 Å². The monoisotopic (exact) mass is 595 g/mol. The molecule has 6 rings (SSSR count). The van der Waals surface area contributed by atoms with E-state index in [2.05, 4.69) is 4.98 Å². The number of methoxy groups -OCH3 is 1. The molecule has 42 heavy (non-hydrogen) atoms. The first-order chi connectivity index (χ1) is 20.2. The molecule has 4 aromatic rings. The Balaban J connectivity index is 1.52. The van der Waals surface area contributed by atoms with Crippen LogP contribution in [0.15, 0.2) is 50.7 Å². The van der Waals surface area contributed by atoms with Crippen molar-refractivity contribution in [2.45, 2.75) is 63.8 Å². The molecule has 1 aliphatic heterocycles. The Morgan fingerprint density at radius 1 is 1.21 bits per heavy atom. The van der Waals surface area contributed by atoms with Crippen LogP contribution in [0.2, 0.25) is 0 Å². The average molecular weight is 596 g/mol. The molecule has 0 unspecified atom stereocenters. The van der Waals surface area contributed by atoms with Crippen molar-refractivity contribution in [3.8, 4) is 16.5 Å². The van der Waals surface area contributed by atoms with E-state index >= 15 is 0 Å². The van der Waals surface area contributed by atoms with E-state index in [1.165, 1.54) is 28.6 Å². The Kier molecular flexibility index (Phi) is 7.54. The number of amides is 1. The van der Waals surface area contributed by atoms with Crippen LogP contribution in [0.25, 0.3) is 21.0 Å². The van der Waals surface area contributed by atoms with Crippen LogP contribution in [-0.4, -0.2) is 63.2 Å². The summed E-state index contributed by atoms with van der Waals surface area (Å²) in [6.45, 7) is 2.25. The van der Waals surface area contributed by atoms with E-state index in [-0.39, 0.29) is 30.2 Å². The summed E-state index contributed by atoms with van der Waals surface area (Å²) in [5, 5.41) is 10.1. The van der Waals surface area contributed by atoms with E-state index in [0.29, 0.717) is 32.3 Å². The van der Waals surface area contributed by atoms with Gasteiger partial charge in [0.05, 0.1) is 43.3 Å². The van der Waals surface area contributed by atoms with Crippen LogP contribution in [0, 0.1) is 6.92 Å². The molecule has 1 atom stereocenters. The Morgan fingerprint density at radius 2 is 1.95 bits per heavy atom. The molecule has 0 spiro atoms. The van der Waals surface area contributed by atoms with Gasteiger partial charge in [-0.15, -0.1) is 11.3 Å². The lowest BCUT2D eigenvalue weighted by Gasteiger charge is -2.42. The average Bonchev–Trinajstić information content (AvgIpc) is 3.62. The van der Waals surface area contributed by atoms with Crippen molar-refractivity contribution < 1.29 is 28.3 Å². The quantitative estimate of drug-likeness (QED) is 0.283. The third-order valence-corrected chi connectivity index (χ3v) is 9.97. The first-order valence-electron chi connectivity index (χ1n) is 14.3. The Hall–Kier alpha value is -3.74. The Bertz CT molecular complexity index is 1730. The SMILES string of the molecule is COc1ccccc1[C@H](Cn1c(=O)n(C2C[N+](C)(C(=O)O)C2)c(=O)c2c(C)c(-c3ncco3)sc21)OC1CCCCC1. The normalized spacial score (nSPS) is 21.7. The summed E-state index contributed by atoms with van der Waals surface area (Å²) in [6, 6.07) is 7.09. The fourth-order valence-corrected chi connectivity index (χ4v) is 7.57. The van der Waals surface area contributed by atoms with E-state index in [9.17, 15) is 19.5 Å². The van der Waals surface area contributed by atoms with E-state index in [1.54, 1.807) is 24.9 Å².